The Bertz CT molecular complexity index is 82.2. The summed E-state index contributed by atoms with van der Waals surface area (Å²) in [5.41, 5.74) is 0.741. The van der Waals surface area contributed by atoms with Crippen LogP contribution in [0.1, 0.15) is 0 Å². The standard InChI is InChI=1S/C5/c1-3-4-2-5(3)4/q-1. The summed E-state index contributed by atoms with van der Waals surface area (Å²) in [6.45, 7) is 6.73. The summed E-state index contributed by atoms with van der Waals surface area (Å²) >= 11 is 0. The maximum atomic E-state index is 6.73. The van der Waals surface area contributed by atoms with Gasteiger partial charge in [0, 0.05) is 6.42 Å². The fraction of sp³-hybridized carbons (Fsp3) is 0. The van der Waals surface area contributed by atoms with E-state index in [2.05, 4.69) is 6.42 Å². The lowest BCUT2D eigenvalue weighted by molar-refractivity contribution is 1.67. The summed E-state index contributed by atoms with van der Waals surface area (Å²) in [6.07, 6.45) is 2.85. The van der Waals surface area contributed by atoms with E-state index in [0.29, 0.717) is 0 Å². The van der Waals surface area contributed by atoms with Crippen LogP contribution in [0.4, 0.5) is 0 Å². The molecule has 5 heavy (non-hydrogen) atoms. The van der Waals surface area contributed by atoms with Crippen molar-refractivity contribution in [2.24, 2.45) is 0 Å². The van der Waals surface area contributed by atoms with Gasteiger partial charge in [-0.25, -0.2) is 0 Å². The van der Waals surface area contributed by atoms with Gasteiger partial charge in [0.05, 0.1) is 0 Å². The number of hydrogen-bond donors (Lipinski definition) is 0. The van der Waals surface area contributed by atoms with Gasteiger partial charge in [-0.05, 0) is 11.8 Å². The second-order valence-electron chi connectivity index (χ2n) is 1.25. The van der Waals surface area contributed by atoms with Crippen LogP contribution in [0.15, 0.2) is 5.57 Å². The molecule has 2 aliphatic carbocycles. The Morgan fingerprint density at radius 1 is 1.40 bits per heavy atom. The minimum atomic E-state index is 0.741. The molecule has 2 rings (SSSR count). The molecule has 2 saturated carbocycles. The van der Waals surface area contributed by atoms with Gasteiger partial charge in [-0.15, -0.1) is 0 Å². The monoisotopic (exact) mass is 60.0 g/mol. The highest BCUT2D eigenvalue weighted by Crippen LogP contribution is 2.70. The molecular formula is C5-. The molecule has 2 fully saturated rings. The van der Waals surface area contributed by atoms with Gasteiger partial charge in [0.1, 0.15) is 0 Å². The first-order valence-corrected chi connectivity index (χ1v) is 1.50. The highest BCUT2D eigenvalue weighted by Gasteiger charge is 2.53. The van der Waals surface area contributed by atoms with Crippen molar-refractivity contribution in [1.82, 2.24) is 0 Å². The van der Waals surface area contributed by atoms with Crippen LogP contribution in [0.5, 0.6) is 0 Å². The Labute approximate surface area is 31.5 Å². The van der Waals surface area contributed by atoms with Gasteiger partial charge in [-0.3, -0.25) is 5.57 Å². The summed E-state index contributed by atoms with van der Waals surface area (Å²) in [6, 6.07) is 0. The molecule has 0 aromatic carbocycles. The predicted molar refractivity (Wildman–Crippen MR) is 16.5 cm³/mol. The van der Waals surface area contributed by atoms with Crippen molar-refractivity contribution in [2.45, 2.75) is 0 Å². The van der Waals surface area contributed by atoms with Gasteiger partial charge in [0.2, 0.25) is 0 Å². The van der Waals surface area contributed by atoms with Crippen molar-refractivity contribution in [3.63, 3.8) is 0 Å². The third-order valence-electron chi connectivity index (χ3n) is 0.875. The molecule has 0 bridgehead atoms. The fourth-order valence-corrected chi connectivity index (χ4v) is 0.344. The molecule has 0 N–H and O–H groups in total. The third-order valence-corrected chi connectivity index (χ3v) is 0.875. The molecule has 0 saturated heterocycles. The molecule has 2 aliphatic rings. The Balaban J connectivity index is 2.46. The average molecular weight is 60.1 g/mol. The first kappa shape index (κ1) is 2.01. The Morgan fingerprint density at radius 2 is 1.80 bits per heavy atom. The van der Waals surface area contributed by atoms with E-state index in [0.717, 1.165) is 17.4 Å². The summed E-state index contributed by atoms with van der Waals surface area (Å²) in [4.78, 5) is 0. The summed E-state index contributed by atoms with van der Waals surface area (Å²) in [5.74, 6) is 2.18. The van der Waals surface area contributed by atoms with E-state index >= 15 is 0 Å². The van der Waals surface area contributed by atoms with E-state index in [4.69, 9.17) is 6.58 Å². The van der Waals surface area contributed by atoms with E-state index in [1.807, 2.05) is 0 Å². The first-order valence-electron chi connectivity index (χ1n) is 1.50. The van der Waals surface area contributed by atoms with Crippen molar-refractivity contribution in [1.29, 1.82) is 0 Å². The van der Waals surface area contributed by atoms with Crippen molar-refractivity contribution < 1.29 is 0 Å². The van der Waals surface area contributed by atoms with Crippen molar-refractivity contribution in [3.8, 4) is 0 Å². The molecule has 0 atom stereocenters. The molecule has 0 spiro atoms. The van der Waals surface area contributed by atoms with E-state index in [1.54, 1.807) is 0 Å². The van der Waals surface area contributed by atoms with Crippen LogP contribution in [0.25, 0.3) is 0 Å². The minimum Gasteiger partial charge on any atom is -0.699 e. The topological polar surface area (TPSA) is 0 Å². The van der Waals surface area contributed by atoms with E-state index in [-0.39, 0.29) is 0 Å². The zero-order valence-electron chi connectivity index (χ0n) is 2.50. The molecule has 0 aromatic heterocycles. The Morgan fingerprint density at radius 3 is 1.80 bits per heavy atom. The zero-order chi connectivity index (χ0) is 3.44. The minimum absolute atomic E-state index is 0.741. The molecular weight excluding hydrogens is 60.1 g/mol. The third kappa shape index (κ3) is 0.0822. The summed E-state index contributed by atoms with van der Waals surface area (Å²) in [5, 5.41) is 0. The lowest BCUT2D eigenvalue weighted by Gasteiger charge is -1.85. The first-order chi connectivity index (χ1) is 2.39. The van der Waals surface area contributed by atoms with Gasteiger partial charge in [0.25, 0.3) is 0 Å². The van der Waals surface area contributed by atoms with Gasteiger partial charge < -0.3 is 6.58 Å². The number of rotatable bonds is 0. The molecule has 0 aromatic rings. The molecule has 21 valence electrons. The molecule has 0 unspecified atom stereocenters. The number of allylic oxidation sites excluding steroid dienone is 1. The second-order valence-corrected chi connectivity index (χ2v) is 1.25. The highest BCUT2D eigenvalue weighted by molar-refractivity contribution is 5.90. The Hall–Kier alpha value is -0.260. The normalized spacial score (nSPS) is 34.0. The van der Waals surface area contributed by atoms with E-state index < -0.39 is 0 Å². The van der Waals surface area contributed by atoms with Gasteiger partial charge in [-0.2, -0.15) is 0 Å². The predicted octanol–water partition coefficient (Wildman–Crippen LogP) is 0.480. The molecule has 0 nitrogen and oxygen atoms in total. The average Bonchev–Trinajstić information content (AvgIpc) is 2.11. The van der Waals surface area contributed by atoms with Gasteiger partial charge in [0.15, 0.2) is 0 Å². The smallest absolute Gasteiger partial charge is 0.00241 e. The van der Waals surface area contributed by atoms with E-state index in [9.17, 15) is 0 Å². The van der Waals surface area contributed by atoms with Crippen molar-refractivity contribution >= 4 is 0 Å². The van der Waals surface area contributed by atoms with Crippen LogP contribution in [0.3, 0.4) is 0 Å². The van der Waals surface area contributed by atoms with Crippen LogP contribution in [-0.2, 0) is 0 Å². The lowest BCUT2D eigenvalue weighted by atomic mass is 10.3. The largest absolute Gasteiger partial charge is 0.699 e. The second kappa shape index (κ2) is 0.296. The summed E-state index contributed by atoms with van der Waals surface area (Å²) < 4.78 is 0. The molecule has 0 aliphatic heterocycles. The van der Waals surface area contributed by atoms with Crippen LogP contribution in [-0.4, -0.2) is 0 Å². The highest BCUT2D eigenvalue weighted by atomic mass is 14.6. The molecule has 0 heteroatoms. The fourth-order valence-electron chi connectivity index (χ4n) is 0.344. The Kier molecular flexibility index (Phi) is 0.119. The number of fused-ring (bicyclic) bond motifs is 1. The van der Waals surface area contributed by atoms with Crippen LogP contribution < -0.4 is 0 Å². The number of hydrogen-bond acceptors (Lipinski definition) is 0. The zero-order valence-corrected chi connectivity index (χ0v) is 2.50. The summed E-state index contributed by atoms with van der Waals surface area (Å²) in [7, 11) is 0. The van der Waals surface area contributed by atoms with Crippen LogP contribution in [0.2, 0.25) is 0 Å². The lowest BCUT2D eigenvalue weighted by Crippen LogP contribution is -1.56. The molecule has 0 heterocycles. The molecule has 0 amide bonds. The van der Waals surface area contributed by atoms with Crippen molar-refractivity contribution in [3.05, 3.63) is 30.4 Å². The van der Waals surface area contributed by atoms with Gasteiger partial charge in [-0.1, -0.05) is 0 Å². The van der Waals surface area contributed by atoms with E-state index in [1.165, 1.54) is 0 Å². The van der Waals surface area contributed by atoms with Crippen molar-refractivity contribution in [2.75, 3.05) is 0 Å². The molecule has 5 radical (unpaired) electrons. The SMILES string of the molecule is [C-]=C1[C]2[C][C]21. The van der Waals surface area contributed by atoms with Crippen LogP contribution >= 0.6 is 0 Å². The van der Waals surface area contributed by atoms with Crippen LogP contribution in [0, 0.1) is 24.8 Å². The quantitative estimate of drug-likeness (QED) is 0.357. The maximum Gasteiger partial charge on any atom is 0.00241 e. The van der Waals surface area contributed by atoms with Gasteiger partial charge >= 0.3 is 0 Å². The maximum absolute atomic E-state index is 6.73.